The summed E-state index contributed by atoms with van der Waals surface area (Å²) < 4.78 is 66.5. The van der Waals surface area contributed by atoms with Crippen LogP contribution in [0.15, 0.2) is 47.4 Å². The first kappa shape index (κ1) is 29.6. The van der Waals surface area contributed by atoms with Crippen LogP contribution >= 0.6 is 20.0 Å². The number of hydrogen-bond donors (Lipinski definition) is 3. The van der Waals surface area contributed by atoms with Gasteiger partial charge >= 0.3 is 13.7 Å². The van der Waals surface area contributed by atoms with Gasteiger partial charge in [0.05, 0.1) is 6.10 Å². The molecule has 6 atom stereocenters. The maximum absolute atomic E-state index is 15.9. The molecule has 15 heteroatoms. The van der Waals surface area contributed by atoms with E-state index in [1.807, 2.05) is 0 Å². The molecule has 0 radical (unpaired) electrons. The fraction of sp³-hybridized carbons (Fsp3) is 0.435. The number of aliphatic hydroxyl groups excluding tert-OH is 1. The van der Waals surface area contributed by atoms with Crippen molar-refractivity contribution < 1.29 is 41.8 Å². The van der Waals surface area contributed by atoms with Crippen molar-refractivity contribution >= 4 is 25.9 Å². The summed E-state index contributed by atoms with van der Waals surface area (Å²) in [6.07, 6.45) is 1.09. The zero-order valence-electron chi connectivity index (χ0n) is 20.5. The Kier molecular flexibility index (Phi) is 8.93. The SMILES string of the molecule is C#CC1(F)[C@@H](O)[C@@](F)(COP(=O)(N[C@@H](C)C(=O)OC(C)C)Oc2ccccc2)O[C@H]1n1ccc(=O)[nH]c1=S. The van der Waals surface area contributed by atoms with Crippen LogP contribution in [0.3, 0.4) is 0 Å². The maximum atomic E-state index is 15.9. The number of nitrogens with zero attached hydrogens (tertiary/aromatic N) is 1. The van der Waals surface area contributed by atoms with Crippen molar-refractivity contribution in [1.29, 1.82) is 0 Å². The van der Waals surface area contributed by atoms with Gasteiger partial charge in [0.1, 0.15) is 18.4 Å². The Morgan fingerprint density at radius 2 is 2.00 bits per heavy atom. The molecule has 0 spiro atoms. The second-order valence-electron chi connectivity index (χ2n) is 8.60. The molecule has 1 aliphatic rings. The molecule has 1 aliphatic heterocycles. The van der Waals surface area contributed by atoms with E-state index in [-0.39, 0.29) is 10.5 Å². The summed E-state index contributed by atoms with van der Waals surface area (Å²) in [5.74, 6) is -2.50. The lowest BCUT2D eigenvalue weighted by Gasteiger charge is -2.28. The Balaban J connectivity index is 1.90. The lowest BCUT2D eigenvalue weighted by molar-refractivity contribution is -0.203. The number of hydrogen-bond acceptors (Lipinski definition) is 9. The molecule has 0 saturated carbocycles. The van der Waals surface area contributed by atoms with E-state index >= 15 is 8.78 Å². The van der Waals surface area contributed by atoms with Crippen molar-refractivity contribution in [3.8, 4) is 18.1 Å². The standard InChI is InChI=1S/C23H26F2N3O8PS/c1-5-22(24)19(31)23(25,35-20(22)28-12-11-17(29)26-21(28)38)13-33-37(32,36-16-9-7-6-8-10-16)27-15(4)18(30)34-14(2)3/h1,6-12,14-15,19-20,31H,13H2,2-4H3,(H,27,32)(H,26,29,38)/t15-,19+,20+,22?,23+,37?/m0/s1. The Morgan fingerprint density at radius 1 is 1.34 bits per heavy atom. The Labute approximate surface area is 221 Å². The number of terminal acetylenes is 1. The monoisotopic (exact) mass is 573 g/mol. The highest BCUT2D eigenvalue weighted by Gasteiger charge is 2.67. The molecule has 0 bridgehead atoms. The van der Waals surface area contributed by atoms with Crippen molar-refractivity contribution in [3.05, 3.63) is 57.7 Å². The first-order valence-corrected chi connectivity index (χ1v) is 13.2. The van der Waals surface area contributed by atoms with Crippen LogP contribution in [0.5, 0.6) is 5.75 Å². The van der Waals surface area contributed by atoms with Gasteiger partial charge in [0.2, 0.25) is 5.67 Å². The third kappa shape index (κ3) is 6.37. The van der Waals surface area contributed by atoms with Crippen LogP contribution in [0.1, 0.15) is 27.0 Å². The van der Waals surface area contributed by atoms with Gasteiger partial charge in [-0.3, -0.25) is 23.7 Å². The normalized spacial score (nSPS) is 27.3. The number of halogens is 2. The van der Waals surface area contributed by atoms with E-state index in [9.17, 15) is 19.3 Å². The molecule has 3 N–H and O–H groups in total. The highest BCUT2D eigenvalue weighted by molar-refractivity contribution is 7.71. The van der Waals surface area contributed by atoms with Crippen LogP contribution in [0, 0.1) is 17.1 Å². The molecule has 0 aliphatic carbocycles. The second-order valence-corrected chi connectivity index (χ2v) is 10.7. The van der Waals surface area contributed by atoms with Crippen molar-refractivity contribution in [2.24, 2.45) is 0 Å². The fourth-order valence-corrected chi connectivity index (χ4v) is 5.19. The number of aromatic amines is 1. The highest BCUT2D eigenvalue weighted by atomic mass is 32.1. The number of para-hydroxylation sites is 1. The molecule has 206 valence electrons. The number of nitrogens with one attached hydrogen (secondary N) is 2. The Hall–Kier alpha value is -2.92. The average molecular weight is 574 g/mol. The van der Waals surface area contributed by atoms with E-state index in [1.54, 1.807) is 38.0 Å². The Bertz CT molecular complexity index is 1370. The molecule has 1 saturated heterocycles. The lowest BCUT2D eigenvalue weighted by atomic mass is 9.96. The first-order valence-electron chi connectivity index (χ1n) is 11.2. The molecule has 1 aromatic carbocycles. The number of benzene rings is 1. The van der Waals surface area contributed by atoms with Gasteiger partial charge in [0.25, 0.3) is 11.4 Å². The van der Waals surface area contributed by atoms with E-state index < -0.39 is 61.9 Å². The number of carbonyl (C=O) groups excluding carboxylic acids is 1. The maximum Gasteiger partial charge on any atom is 0.459 e. The molecule has 1 fully saturated rings. The van der Waals surface area contributed by atoms with Crippen LogP contribution in [0.2, 0.25) is 0 Å². The molecule has 11 nitrogen and oxygen atoms in total. The van der Waals surface area contributed by atoms with Gasteiger partial charge < -0.3 is 19.1 Å². The number of aliphatic hydroxyl groups is 1. The molecule has 2 aromatic rings. The van der Waals surface area contributed by atoms with E-state index in [0.717, 1.165) is 16.8 Å². The molecule has 0 amide bonds. The van der Waals surface area contributed by atoms with E-state index in [2.05, 4.69) is 10.1 Å². The Morgan fingerprint density at radius 3 is 2.58 bits per heavy atom. The third-order valence-electron chi connectivity index (χ3n) is 5.26. The summed E-state index contributed by atoms with van der Waals surface area (Å²) in [7, 11) is -4.61. The van der Waals surface area contributed by atoms with Gasteiger partial charge in [0, 0.05) is 12.3 Å². The van der Waals surface area contributed by atoms with Gasteiger partial charge in [-0.2, -0.15) is 5.09 Å². The summed E-state index contributed by atoms with van der Waals surface area (Å²) in [5, 5.41) is 12.9. The van der Waals surface area contributed by atoms with Crippen molar-refractivity contribution in [2.45, 2.75) is 56.8 Å². The van der Waals surface area contributed by atoms with E-state index in [4.69, 9.17) is 37.2 Å². The van der Waals surface area contributed by atoms with Gasteiger partial charge in [-0.1, -0.05) is 24.1 Å². The second kappa shape index (κ2) is 11.4. The van der Waals surface area contributed by atoms with Gasteiger partial charge in [-0.05, 0) is 45.1 Å². The van der Waals surface area contributed by atoms with Crippen LogP contribution < -0.4 is 15.2 Å². The van der Waals surface area contributed by atoms with Gasteiger partial charge in [-0.25, -0.2) is 13.3 Å². The summed E-state index contributed by atoms with van der Waals surface area (Å²) in [6, 6.07) is 7.30. The highest BCUT2D eigenvalue weighted by Crippen LogP contribution is 2.51. The van der Waals surface area contributed by atoms with Crippen LogP contribution in [-0.4, -0.2) is 57.0 Å². The summed E-state index contributed by atoms with van der Waals surface area (Å²) in [5.41, 5.74) is -3.82. The molecular formula is C23H26F2N3O8PS. The number of rotatable bonds is 10. The largest absolute Gasteiger partial charge is 0.462 e. The summed E-state index contributed by atoms with van der Waals surface area (Å²) >= 11 is 4.98. The minimum atomic E-state index is -4.61. The zero-order chi connectivity index (χ0) is 28.3. The third-order valence-corrected chi connectivity index (χ3v) is 7.19. The average Bonchev–Trinajstić information content (AvgIpc) is 3.05. The van der Waals surface area contributed by atoms with Crippen molar-refractivity contribution in [3.63, 3.8) is 0 Å². The predicted molar refractivity (Wildman–Crippen MR) is 133 cm³/mol. The number of carbonyl (C=O) groups is 1. The topological polar surface area (TPSA) is 141 Å². The molecule has 3 rings (SSSR count). The lowest BCUT2D eigenvalue weighted by Crippen LogP contribution is -2.48. The quantitative estimate of drug-likeness (QED) is 0.168. The van der Waals surface area contributed by atoms with Crippen LogP contribution in [-0.2, 0) is 23.4 Å². The molecular weight excluding hydrogens is 547 g/mol. The van der Waals surface area contributed by atoms with Crippen LogP contribution in [0.4, 0.5) is 8.78 Å². The smallest absolute Gasteiger partial charge is 0.459 e. The van der Waals surface area contributed by atoms with Crippen molar-refractivity contribution in [2.75, 3.05) is 6.61 Å². The molecule has 2 heterocycles. The fourth-order valence-electron chi connectivity index (χ4n) is 3.43. The molecule has 1 aromatic heterocycles. The number of alkyl halides is 2. The van der Waals surface area contributed by atoms with Crippen molar-refractivity contribution in [1.82, 2.24) is 14.6 Å². The summed E-state index contributed by atoms with van der Waals surface area (Å²) in [4.78, 5) is 26.0. The number of aromatic nitrogens is 2. The predicted octanol–water partition coefficient (Wildman–Crippen LogP) is 2.94. The minimum Gasteiger partial charge on any atom is -0.462 e. The number of H-pyrrole nitrogens is 1. The van der Waals surface area contributed by atoms with Gasteiger partial charge in [-0.15, -0.1) is 6.42 Å². The molecule has 2 unspecified atom stereocenters. The minimum absolute atomic E-state index is 0.0226. The zero-order valence-corrected chi connectivity index (χ0v) is 22.2. The van der Waals surface area contributed by atoms with Gasteiger partial charge in [0.15, 0.2) is 17.1 Å². The molecule has 38 heavy (non-hydrogen) atoms. The number of ether oxygens (including phenoxy) is 2. The van der Waals surface area contributed by atoms with E-state index in [0.29, 0.717) is 0 Å². The van der Waals surface area contributed by atoms with E-state index in [1.165, 1.54) is 19.1 Å². The first-order chi connectivity index (χ1) is 17.7. The number of esters is 1. The van der Waals surface area contributed by atoms with Crippen LogP contribution in [0.25, 0.3) is 0 Å². The summed E-state index contributed by atoms with van der Waals surface area (Å²) in [6.45, 7) is 3.15.